The minimum atomic E-state index is -3.14. The van der Waals surface area contributed by atoms with Gasteiger partial charge in [-0.25, -0.2) is 17.5 Å². The largest absolute Gasteiger partial charge is 0.335 e. The molecule has 0 bridgehead atoms. The molecule has 1 saturated heterocycles. The molecule has 1 aliphatic heterocycles. The molecule has 0 unspecified atom stereocenters. The van der Waals surface area contributed by atoms with E-state index in [0.717, 1.165) is 5.69 Å². The number of sulfonamides is 1. The molecule has 9 heteroatoms. The molecule has 118 valence electrons. The van der Waals surface area contributed by atoms with Gasteiger partial charge in [-0.1, -0.05) is 0 Å². The zero-order valence-corrected chi connectivity index (χ0v) is 13.3. The topological polar surface area (TPSA) is 96.3 Å². The molecule has 1 aliphatic rings. The SMILES string of the molecule is Cc1cc(NC(=O)NC2CCN(S(C)(=O)=O)CC2)n(C)n1. The lowest BCUT2D eigenvalue weighted by Gasteiger charge is -2.30. The third-order valence-electron chi connectivity index (χ3n) is 3.50. The number of nitrogens with one attached hydrogen (secondary N) is 2. The lowest BCUT2D eigenvalue weighted by Crippen LogP contribution is -2.47. The van der Waals surface area contributed by atoms with Crippen LogP contribution in [-0.4, -0.2) is 53.9 Å². The zero-order valence-electron chi connectivity index (χ0n) is 12.5. The molecule has 0 aliphatic carbocycles. The Kier molecular flexibility index (Phi) is 4.52. The quantitative estimate of drug-likeness (QED) is 0.837. The van der Waals surface area contributed by atoms with Gasteiger partial charge in [-0.2, -0.15) is 5.10 Å². The summed E-state index contributed by atoms with van der Waals surface area (Å²) in [5, 5.41) is 9.75. The van der Waals surface area contributed by atoms with Crippen LogP contribution in [0.25, 0.3) is 0 Å². The van der Waals surface area contributed by atoms with Crippen molar-refractivity contribution >= 4 is 21.9 Å². The lowest BCUT2D eigenvalue weighted by molar-refractivity contribution is 0.238. The Morgan fingerprint density at radius 1 is 1.38 bits per heavy atom. The predicted octanol–water partition coefficient (Wildman–Crippen LogP) is 0.274. The van der Waals surface area contributed by atoms with E-state index in [1.165, 1.54) is 10.6 Å². The van der Waals surface area contributed by atoms with Gasteiger partial charge >= 0.3 is 6.03 Å². The number of aromatic nitrogens is 2. The highest BCUT2D eigenvalue weighted by molar-refractivity contribution is 7.88. The van der Waals surface area contributed by atoms with E-state index in [0.29, 0.717) is 31.7 Å². The standard InChI is InChI=1S/C12H21N5O3S/c1-9-8-11(16(2)15-9)14-12(18)13-10-4-6-17(7-5-10)21(3,19)20/h8,10H,4-7H2,1-3H3,(H2,13,14,18). The second-order valence-corrected chi connectivity index (χ2v) is 7.31. The molecule has 8 nitrogen and oxygen atoms in total. The number of carbonyl (C=O) groups is 1. The molecule has 2 rings (SSSR count). The van der Waals surface area contributed by atoms with Gasteiger partial charge in [-0.05, 0) is 19.8 Å². The van der Waals surface area contributed by atoms with E-state index in [4.69, 9.17) is 0 Å². The van der Waals surface area contributed by atoms with Crippen LogP contribution in [0, 0.1) is 6.92 Å². The molecule has 0 atom stereocenters. The van der Waals surface area contributed by atoms with Crippen molar-refractivity contribution in [3.05, 3.63) is 11.8 Å². The summed E-state index contributed by atoms with van der Waals surface area (Å²) in [5.74, 6) is 0.624. The summed E-state index contributed by atoms with van der Waals surface area (Å²) in [4.78, 5) is 11.9. The van der Waals surface area contributed by atoms with Crippen molar-refractivity contribution in [1.82, 2.24) is 19.4 Å². The molecular formula is C12H21N5O3S. The number of hydrogen-bond acceptors (Lipinski definition) is 4. The Morgan fingerprint density at radius 3 is 2.48 bits per heavy atom. The average molecular weight is 315 g/mol. The number of anilines is 1. The van der Waals surface area contributed by atoms with Gasteiger partial charge in [0.1, 0.15) is 5.82 Å². The van der Waals surface area contributed by atoms with Crippen molar-refractivity contribution in [2.24, 2.45) is 7.05 Å². The number of urea groups is 1. The molecule has 2 amide bonds. The van der Waals surface area contributed by atoms with Gasteiger partial charge in [0.05, 0.1) is 11.9 Å². The maximum Gasteiger partial charge on any atom is 0.320 e. The third kappa shape index (κ3) is 4.18. The molecule has 1 aromatic rings. The van der Waals surface area contributed by atoms with Gasteiger partial charge < -0.3 is 5.32 Å². The molecule has 0 radical (unpaired) electrons. The molecule has 21 heavy (non-hydrogen) atoms. The van der Waals surface area contributed by atoms with Crippen molar-refractivity contribution in [2.45, 2.75) is 25.8 Å². The first-order valence-electron chi connectivity index (χ1n) is 6.79. The Bertz CT molecular complexity index is 617. The van der Waals surface area contributed by atoms with E-state index >= 15 is 0 Å². The number of piperidine rings is 1. The van der Waals surface area contributed by atoms with Gasteiger partial charge in [0, 0.05) is 32.2 Å². The van der Waals surface area contributed by atoms with E-state index < -0.39 is 10.0 Å². The summed E-state index contributed by atoms with van der Waals surface area (Å²) in [7, 11) is -1.38. The number of nitrogens with zero attached hydrogens (tertiary/aromatic N) is 3. The molecular weight excluding hydrogens is 294 g/mol. The highest BCUT2D eigenvalue weighted by Crippen LogP contribution is 2.14. The second kappa shape index (κ2) is 6.02. The summed E-state index contributed by atoms with van der Waals surface area (Å²) in [6, 6.07) is 1.47. The highest BCUT2D eigenvalue weighted by Gasteiger charge is 2.25. The van der Waals surface area contributed by atoms with Gasteiger partial charge in [0.2, 0.25) is 10.0 Å². The molecule has 0 saturated carbocycles. The van der Waals surface area contributed by atoms with Crippen LogP contribution in [0.1, 0.15) is 18.5 Å². The van der Waals surface area contributed by atoms with E-state index in [9.17, 15) is 13.2 Å². The summed E-state index contributed by atoms with van der Waals surface area (Å²) in [6.45, 7) is 2.73. The van der Waals surface area contributed by atoms with Crippen LogP contribution >= 0.6 is 0 Å². The Labute approximate surface area is 124 Å². The van der Waals surface area contributed by atoms with Crippen LogP contribution in [-0.2, 0) is 17.1 Å². The maximum absolute atomic E-state index is 11.9. The minimum absolute atomic E-state index is 0.0164. The number of carbonyl (C=O) groups excluding carboxylic acids is 1. The van der Waals surface area contributed by atoms with E-state index in [-0.39, 0.29) is 12.1 Å². The normalized spacial score (nSPS) is 17.7. The van der Waals surface area contributed by atoms with Gasteiger partial charge in [0.15, 0.2) is 0 Å². The van der Waals surface area contributed by atoms with Crippen LogP contribution < -0.4 is 10.6 Å². The second-order valence-electron chi connectivity index (χ2n) is 5.33. The maximum atomic E-state index is 11.9. The number of rotatable bonds is 3. The summed E-state index contributed by atoms with van der Waals surface area (Å²) < 4.78 is 25.9. The smallest absolute Gasteiger partial charge is 0.320 e. The molecule has 1 fully saturated rings. The average Bonchev–Trinajstić information content (AvgIpc) is 2.67. The van der Waals surface area contributed by atoms with E-state index in [2.05, 4.69) is 15.7 Å². The number of amides is 2. The highest BCUT2D eigenvalue weighted by atomic mass is 32.2. The minimum Gasteiger partial charge on any atom is -0.335 e. The van der Waals surface area contributed by atoms with Crippen LogP contribution in [0.3, 0.4) is 0 Å². The lowest BCUT2D eigenvalue weighted by atomic mass is 10.1. The molecule has 2 N–H and O–H groups in total. The number of aryl methyl sites for hydroxylation is 2. The van der Waals surface area contributed by atoms with Crippen LogP contribution in [0.15, 0.2) is 6.07 Å². The molecule has 2 heterocycles. The summed E-state index contributed by atoms with van der Waals surface area (Å²) in [5.41, 5.74) is 0.828. The van der Waals surface area contributed by atoms with Gasteiger partial charge in [0.25, 0.3) is 0 Å². The van der Waals surface area contributed by atoms with Crippen molar-refractivity contribution in [3.8, 4) is 0 Å². The molecule has 0 spiro atoms. The third-order valence-corrected chi connectivity index (χ3v) is 4.80. The van der Waals surface area contributed by atoms with Gasteiger partial charge in [-0.3, -0.25) is 10.00 Å². The van der Waals surface area contributed by atoms with Crippen molar-refractivity contribution in [1.29, 1.82) is 0 Å². The predicted molar refractivity (Wildman–Crippen MR) is 79.5 cm³/mol. The van der Waals surface area contributed by atoms with Crippen molar-refractivity contribution < 1.29 is 13.2 Å². The Hall–Kier alpha value is -1.61. The fourth-order valence-electron chi connectivity index (χ4n) is 2.40. The Morgan fingerprint density at radius 2 is 2.00 bits per heavy atom. The summed E-state index contributed by atoms with van der Waals surface area (Å²) >= 11 is 0. The first-order chi connectivity index (χ1) is 9.75. The van der Waals surface area contributed by atoms with Crippen LogP contribution in [0.4, 0.5) is 10.6 Å². The van der Waals surface area contributed by atoms with E-state index in [1.807, 2.05) is 6.92 Å². The fourth-order valence-corrected chi connectivity index (χ4v) is 3.27. The van der Waals surface area contributed by atoms with Crippen molar-refractivity contribution in [2.75, 3.05) is 24.7 Å². The summed E-state index contributed by atoms with van der Waals surface area (Å²) in [6.07, 6.45) is 2.44. The monoisotopic (exact) mass is 315 g/mol. The molecule has 1 aromatic heterocycles. The van der Waals surface area contributed by atoms with Crippen LogP contribution in [0.2, 0.25) is 0 Å². The number of hydrogen-bond donors (Lipinski definition) is 2. The van der Waals surface area contributed by atoms with Gasteiger partial charge in [-0.15, -0.1) is 0 Å². The fraction of sp³-hybridized carbons (Fsp3) is 0.667. The first kappa shape index (κ1) is 15.8. The zero-order chi connectivity index (χ0) is 15.6. The molecule has 0 aromatic carbocycles. The van der Waals surface area contributed by atoms with Crippen LogP contribution in [0.5, 0.6) is 0 Å². The Balaban J connectivity index is 1.83. The van der Waals surface area contributed by atoms with Crippen molar-refractivity contribution in [3.63, 3.8) is 0 Å². The first-order valence-corrected chi connectivity index (χ1v) is 8.64. The van der Waals surface area contributed by atoms with E-state index in [1.54, 1.807) is 17.8 Å².